The largest absolute Gasteiger partial charge is 0.340 e. The van der Waals surface area contributed by atoms with Crippen LogP contribution in [0.4, 0.5) is 23.0 Å². The van der Waals surface area contributed by atoms with Gasteiger partial charge in [0.1, 0.15) is 11.5 Å². The molecule has 190 valence electrons. The number of rotatable bonds is 7. The molecule has 0 spiro atoms. The summed E-state index contributed by atoms with van der Waals surface area (Å²) < 4.78 is 3.02. The molecule has 39 heavy (non-hydrogen) atoms. The molecule has 0 amide bonds. The van der Waals surface area contributed by atoms with Crippen LogP contribution in [0, 0.1) is 6.92 Å². The molecule has 6 aromatic rings. The van der Waals surface area contributed by atoms with Gasteiger partial charge in [-0.3, -0.25) is 4.79 Å². The molecule has 0 fully saturated rings. The molecule has 0 bridgehead atoms. The highest BCUT2D eigenvalue weighted by Gasteiger charge is 2.26. The van der Waals surface area contributed by atoms with E-state index in [9.17, 15) is 4.79 Å². The van der Waals surface area contributed by atoms with E-state index in [4.69, 9.17) is 0 Å². The van der Waals surface area contributed by atoms with Crippen LogP contribution in [0.25, 0.3) is 16.9 Å². The van der Waals surface area contributed by atoms with Gasteiger partial charge in [0.15, 0.2) is 11.5 Å². The number of anilines is 4. The third kappa shape index (κ3) is 5.03. The molecule has 6 rings (SSSR count). The highest BCUT2D eigenvalue weighted by atomic mass is 16.2. The van der Waals surface area contributed by atoms with E-state index in [0.29, 0.717) is 17.3 Å². The fourth-order valence-electron chi connectivity index (χ4n) is 4.27. The third-order valence-electron chi connectivity index (χ3n) is 6.19. The molecule has 0 saturated carbocycles. The number of para-hydroxylation sites is 3. The lowest BCUT2D eigenvalue weighted by molar-refractivity contribution is 0.0943. The minimum Gasteiger partial charge on any atom is -0.340 e. The number of nitrogens with one attached hydrogen (secondary N) is 2. The van der Waals surface area contributed by atoms with Gasteiger partial charge in [0.2, 0.25) is 0 Å². The lowest BCUT2D eigenvalue weighted by atomic mass is 10.1. The van der Waals surface area contributed by atoms with Gasteiger partial charge in [-0.2, -0.15) is 4.68 Å². The van der Waals surface area contributed by atoms with Gasteiger partial charge in [0.05, 0.1) is 5.69 Å². The van der Waals surface area contributed by atoms with Gasteiger partial charge in [-0.05, 0) is 43.3 Å². The summed E-state index contributed by atoms with van der Waals surface area (Å²) in [4.78, 5) is 14.1. The first-order valence-electron chi connectivity index (χ1n) is 12.5. The summed E-state index contributed by atoms with van der Waals surface area (Å²) in [5.74, 6) is 0.598. The minimum atomic E-state index is -0.410. The summed E-state index contributed by atoms with van der Waals surface area (Å²) in [6, 6.07) is 38.7. The predicted octanol–water partition coefficient (Wildman–Crippen LogP) is 6.61. The molecule has 0 unspecified atom stereocenters. The fraction of sp³-hybridized carbons (Fsp3) is 0.0323. The number of aromatic nitrogens is 5. The van der Waals surface area contributed by atoms with Crippen molar-refractivity contribution >= 4 is 28.9 Å². The van der Waals surface area contributed by atoms with E-state index >= 15 is 0 Å². The summed E-state index contributed by atoms with van der Waals surface area (Å²) in [6.45, 7) is 2.02. The fourth-order valence-corrected chi connectivity index (χ4v) is 4.27. The highest BCUT2D eigenvalue weighted by Crippen LogP contribution is 2.29. The maximum Gasteiger partial charge on any atom is 0.302 e. The van der Waals surface area contributed by atoms with E-state index < -0.39 is 5.91 Å². The Morgan fingerprint density at radius 1 is 0.718 bits per heavy atom. The van der Waals surface area contributed by atoms with E-state index in [1.807, 2.05) is 122 Å². The molecule has 0 aliphatic rings. The second kappa shape index (κ2) is 10.5. The van der Waals surface area contributed by atoms with Gasteiger partial charge < -0.3 is 10.6 Å². The number of carbonyl (C=O) groups excluding carboxylic acids is 1. The van der Waals surface area contributed by atoms with Crippen LogP contribution < -0.4 is 10.6 Å². The van der Waals surface area contributed by atoms with Crippen LogP contribution in [-0.4, -0.2) is 30.7 Å². The zero-order chi connectivity index (χ0) is 26.6. The zero-order valence-corrected chi connectivity index (χ0v) is 21.2. The maximum absolute atomic E-state index is 14.1. The lowest BCUT2D eigenvalue weighted by Crippen LogP contribution is -2.18. The molecule has 0 atom stereocenters. The summed E-state index contributed by atoms with van der Waals surface area (Å²) in [6.07, 6.45) is 0. The Morgan fingerprint density at radius 3 is 1.95 bits per heavy atom. The van der Waals surface area contributed by atoms with E-state index in [0.717, 1.165) is 28.2 Å². The van der Waals surface area contributed by atoms with Crippen LogP contribution in [-0.2, 0) is 0 Å². The van der Waals surface area contributed by atoms with Crippen molar-refractivity contribution in [3.05, 3.63) is 133 Å². The van der Waals surface area contributed by atoms with Gasteiger partial charge in [0.25, 0.3) is 0 Å². The van der Waals surface area contributed by atoms with Crippen molar-refractivity contribution in [1.29, 1.82) is 0 Å². The summed E-state index contributed by atoms with van der Waals surface area (Å²) in [7, 11) is 0. The Hall–Kier alpha value is -5.50. The maximum atomic E-state index is 14.1. The second-order valence-electron chi connectivity index (χ2n) is 9.01. The minimum absolute atomic E-state index is 0.188. The first kappa shape index (κ1) is 23.9. The first-order chi connectivity index (χ1) is 19.2. The number of hydrogen-bond acceptors (Lipinski definition) is 6. The molecular weight excluding hydrogens is 486 g/mol. The van der Waals surface area contributed by atoms with Crippen molar-refractivity contribution in [2.45, 2.75) is 6.92 Å². The Labute approximate surface area is 225 Å². The van der Waals surface area contributed by atoms with Crippen molar-refractivity contribution in [2.75, 3.05) is 10.6 Å². The molecule has 4 aromatic carbocycles. The molecule has 0 radical (unpaired) electrons. The quantitative estimate of drug-likeness (QED) is 0.251. The van der Waals surface area contributed by atoms with Crippen LogP contribution in [0.15, 0.2) is 121 Å². The molecule has 8 nitrogen and oxygen atoms in total. The molecule has 2 aromatic heterocycles. The lowest BCUT2D eigenvalue weighted by Gasteiger charge is -2.10. The van der Waals surface area contributed by atoms with Gasteiger partial charge in [-0.25, -0.2) is 4.68 Å². The summed E-state index contributed by atoms with van der Waals surface area (Å²) >= 11 is 0. The number of aryl methyl sites for hydroxylation is 1. The smallest absolute Gasteiger partial charge is 0.302 e. The van der Waals surface area contributed by atoms with Crippen LogP contribution in [0.3, 0.4) is 0 Å². The second-order valence-corrected chi connectivity index (χ2v) is 9.01. The Morgan fingerprint density at radius 2 is 1.31 bits per heavy atom. The Balaban J connectivity index is 1.46. The third-order valence-corrected chi connectivity index (χ3v) is 6.19. The van der Waals surface area contributed by atoms with Crippen LogP contribution in [0.1, 0.15) is 16.1 Å². The average Bonchev–Trinajstić information content (AvgIpc) is 3.59. The summed E-state index contributed by atoms with van der Waals surface area (Å²) in [5.41, 5.74) is 5.20. The Kier molecular flexibility index (Phi) is 6.41. The summed E-state index contributed by atoms with van der Waals surface area (Å²) in [5, 5.41) is 20.0. The van der Waals surface area contributed by atoms with E-state index in [-0.39, 0.29) is 5.69 Å². The van der Waals surface area contributed by atoms with Gasteiger partial charge in [-0.15, -0.1) is 10.2 Å². The molecule has 8 heteroatoms. The number of hydrogen-bond donors (Lipinski definition) is 2. The van der Waals surface area contributed by atoms with Crippen molar-refractivity contribution < 1.29 is 4.79 Å². The number of benzene rings is 4. The molecule has 0 saturated heterocycles. The molecular formula is C31H25N7O. The van der Waals surface area contributed by atoms with E-state index in [2.05, 4.69) is 26.0 Å². The van der Waals surface area contributed by atoms with E-state index in [1.54, 1.807) is 10.7 Å². The molecule has 2 heterocycles. The zero-order valence-electron chi connectivity index (χ0n) is 21.2. The van der Waals surface area contributed by atoms with Crippen molar-refractivity contribution in [3.8, 4) is 16.9 Å². The van der Waals surface area contributed by atoms with Gasteiger partial charge in [-0.1, -0.05) is 89.6 Å². The molecule has 2 N–H and O–H groups in total. The monoisotopic (exact) mass is 511 g/mol. The standard InChI is InChI=1S/C31H25N7O/c1-22-17-19-23(20-18-22)30-29(34-36-37(30)26-15-9-4-10-16-26)31(39)38-28(33-25-13-7-3-8-14-25)21-27(35-38)32-24-11-5-2-6-12-24/h2-21,33H,1H3,(H,32,35). The van der Waals surface area contributed by atoms with Crippen LogP contribution >= 0.6 is 0 Å². The van der Waals surface area contributed by atoms with Gasteiger partial charge >= 0.3 is 5.91 Å². The van der Waals surface area contributed by atoms with Gasteiger partial charge in [0, 0.05) is 23.0 Å². The highest BCUT2D eigenvalue weighted by molar-refractivity contribution is 6.01. The number of carbonyl (C=O) groups is 1. The van der Waals surface area contributed by atoms with Crippen LogP contribution in [0.2, 0.25) is 0 Å². The van der Waals surface area contributed by atoms with Crippen molar-refractivity contribution in [2.24, 2.45) is 0 Å². The normalized spacial score (nSPS) is 10.8. The van der Waals surface area contributed by atoms with Crippen molar-refractivity contribution in [3.63, 3.8) is 0 Å². The average molecular weight is 512 g/mol. The first-order valence-corrected chi connectivity index (χ1v) is 12.5. The van der Waals surface area contributed by atoms with Crippen LogP contribution in [0.5, 0.6) is 0 Å². The van der Waals surface area contributed by atoms with Crippen molar-refractivity contribution in [1.82, 2.24) is 24.8 Å². The molecule has 0 aliphatic carbocycles. The SMILES string of the molecule is Cc1ccc(-c2c(C(=O)n3nc(Nc4ccccc4)cc3Nc3ccccc3)nnn2-c2ccccc2)cc1. The molecule has 0 aliphatic heterocycles. The number of nitrogens with zero attached hydrogens (tertiary/aromatic N) is 5. The predicted molar refractivity (Wildman–Crippen MR) is 153 cm³/mol. The topological polar surface area (TPSA) is 89.7 Å². The Bertz CT molecular complexity index is 1710. The van der Waals surface area contributed by atoms with E-state index in [1.165, 1.54) is 4.68 Å².